The van der Waals surface area contributed by atoms with Crippen molar-refractivity contribution in [3.05, 3.63) is 100 Å². The van der Waals surface area contributed by atoms with Crippen molar-refractivity contribution in [1.29, 1.82) is 5.26 Å². The van der Waals surface area contributed by atoms with Gasteiger partial charge >= 0.3 is 6.18 Å². The summed E-state index contributed by atoms with van der Waals surface area (Å²) in [5.41, 5.74) is 1.86. The van der Waals surface area contributed by atoms with E-state index < -0.39 is 24.0 Å². The molecule has 0 aliphatic rings. The third-order valence-corrected chi connectivity index (χ3v) is 5.67. The Kier molecular flexibility index (Phi) is 8.20. The topological polar surface area (TPSA) is 77.8 Å². The van der Waals surface area contributed by atoms with Crippen molar-refractivity contribution in [1.82, 2.24) is 15.6 Å². The summed E-state index contributed by atoms with van der Waals surface area (Å²) in [7, 11) is 1.51. The number of amides is 1. The van der Waals surface area contributed by atoms with Gasteiger partial charge in [0.25, 0.3) is 0 Å². The lowest BCUT2D eigenvalue weighted by Gasteiger charge is -2.26. The molecule has 2 N–H and O–H groups in total. The fraction of sp³-hybridized carbons (Fsp3) is 0.269. The quantitative estimate of drug-likeness (QED) is 0.433. The van der Waals surface area contributed by atoms with E-state index in [1.807, 2.05) is 6.07 Å². The van der Waals surface area contributed by atoms with Crippen LogP contribution in [0.4, 0.5) is 17.6 Å². The molecule has 0 aliphatic heterocycles. The molecular weight excluding hydrogens is 460 g/mol. The Morgan fingerprint density at radius 1 is 1.09 bits per heavy atom. The molecule has 1 unspecified atom stereocenters. The number of likely N-dealkylation sites (N-methyl/N-ethyl adjacent to an activating group) is 1. The third-order valence-electron chi connectivity index (χ3n) is 5.67. The van der Waals surface area contributed by atoms with Crippen molar-refractivity contribution in [2.45, 2.75) is 38.0 Å². The molecule has 9 heteroatoms. The van der Waals surface area contributed by atoms with Crippen LogP contribution in [-0.4, -0.2) is 17.9 Å². The summed E-state index contributed by atoms with van der Waals surface area (Å²) >= 11 is 0. The highest BCUT2D eigenvalue weighted by molar-refractivity contribution is 5.83. The zero-order valence-corrected chi connectivity index (χ0v) is 19.2. The molecule has 3 aromatic rings. The van der Waals surface area contributed by atoms with E-state index in [1.54, 1.807) is 43.3 Å². The first-order valence-electron chi connectivity index (χ1n) is 10.9. The van der Waals surface area contributed by atoms with Gasteiger partial charge < -0.3 is 5.32 Å². The summed E-state index contributed by atoms with van der Waals surface area (Å²) in [4.78, 5) is 16.3. The monoisotopic (exact) mass is 484 g/mol. The van der Waals surface area contributed by atoms with Gasteiger partial charge in [-0.1, -0.05) is 30.3 Å². The summed E-state index contributed by atoms with van der Waals surface area (Å²) in [6.45, 7) is 1.63. The van der Waals surface area contributed by atoms with Gasteiger partial charge in [0, 0.05) is 19.3 Å². The molecule has 5 nitrogen and oxygen atoms in total. The first-order chi connectivity index (χ1) is 16.6. The van der Waals surface area contributed by atoms with Crippen LogP contribution < -0.4 is 10.6 Å². The molecule has 2 aromatic carbocycles. The standard InChI is InChI=1S/C26H24F4N4O/c1-16-13-20(9-10-21(16)27)22(11-5-18-6-12-23(33-15-18)26(28,29)30)34-24(25(35)32-2)19-7-3-17(14-31)4-8-19/h3-4,6-10,12-13,15,22,24,34H,5,11H2,1-2H3,(H,32,35)/t22-,24?/m0/s1. The highest BCUT2D eigenvalue weighted by atomic mass is 19.4. The van der Waals surface area contributed by atoms with Crippen molar-refractivity contribution in [3.8, 4) is 6.07 Å². The van der Waals surface area contributed by atoms with E-state index in [0.29, 0.717) is 35.1 Å². The number of nitrogens with one attached hydrogen (secondary N) is 2. The molecule has 1 aromatic heterocycles. The molecule has 0 spiro atoms. The van der Waals surface area contributed by atoms with Gasteiger partial charge in [-0.15, -0.1) is 0 Å². The SMILES string of the molecule is CNC(=O)C(N[C@@H](CCc1ccc(C(F)(F)F)nc1)c1ccc(F)c(C)c1)c1ccc(C#N)cc1. The van der Waals surface area contributed by atoms with Gasteiger partial charge in [-0.3, -0.25) is 15.1 Å². The number of rotatable bonds is 8. The summed E-state index contributed by atoms with van der Waals surface area (Å²) in [6.07, 6.45) is -2.56. The van der Waals surface area contributed by atoms with Crippen molar-refractivity contribution in [2.24, 2.45) is 0 Å². The number of pyridine rings is 1. The average Bonchev–Trinajstić information content (AvgIpc) is 2.85. The molecule has 0 saturated carbocycles. The molecule has 3 rings (SSSR count). The van der Waals surface area contributed by atoms with Crippen LogP contribution in [0.3, 0.4) is 0 Å². The predicted octanol–water partition coefficient (Wildman–Crippen LogP) is 5.17. The highest BCUT2D eigenvalue weighted by Crippen LogP contribution is 2.29. The number of carbonyl (C=O) groups is 1. The van der Waals surface area contributed by atoms with Crippen LogP contribution in [0.2, 0.25) is 0 Å². The number of nitrogens with zero attached hydrogens (tertiary/aromatic N) is 2. The van der Waals surface area contributed by atoms with Crippen molar-refractivity contribution < 1.29 is 22.4 Å². The smallest absolute Gasteiger partial charge is 0.358 e. The predicted molar refractivity (Wildman–Crippen MR) is 123 cm³/mol. The molecule has 0 radical (unpaired) electrons. The number of hydrogen-bond donors (Lipinski definition) is 2. The van der Waals surface area contributed by atoms with E-state index in [9.17, 15) is 22.4 Å². The molecule has 2 atom stereocenters. The number of carbonyl (C=O) groups excluding carboxylic acids is 1. The van der Waals surface area contributed by atoms with E-state index in [4.69, 9.17) is 5.26 Å². The maximum Gasteiger partial charge on any atom is 0.433 e. The maximum atomic E-state index is 13.9. The van der Waals surface area contributed by atoms with E-state index in [-0.39, 0.29) is 11.7 Å². The average molecular weight is 484 g/mol. The minimum Gasteiger partial charge on any atom is -0.358 e. The number of alkyl halides is 3. The second-order valence-electron chi connectivity index (χ2n) is 8.10. The number of aryl methyl sites for hydroxylation is 2. The summed E-state index contributed by atoms with van der Waals surface area (Å²) in [5.74, 6) is -0.677. The first kappa shape index (κ1) is 25.8. The Morgan fingerprint density at radius 2 is 1.77 bits per heavy atom. The number of benzene rings is 2. The van der Waals surface area contributed by atoms with Crippen LogP contribution in [0.25, 0.3) is 0 Å². The lowest BCUT2D eigenvalue weighted by molar-refractivity contribution is -0.141. The fourth-order valence-electron chi connectivity index (χ4n) is 3.70. The molecule has 0 fully saturated rings. The molecule has 0 bridgehead atoms. The maximum absolute atomic E-state index is 13.9. The highest BCUT2D eigenvalue weighted by Gasteiger charge is 2.32. The molecule has 0 saturated heterocycles. The van der Waals surface area contributed by atoms with Crippen LogP contribution in [0.1, 0.15) is 52.0 Å². The van der Waals surface area contributed by atoms with Crippen LogP contribution in [-0.2, 0) is 17.4 Å². The van der Waals surface area contributed by atoms with E-state index in [0.717, 1.165) is 11.6 Å². The van der Waals surface area contributed by atoms with Gasteiger partial charge in [0.15, 0.2) is 0 Å². The van der Waals surface area contributed by atoms with Crippen LogP contribution in [0.5, 0.6) is 0 Å². The Hall–Kier alpha value is -3.77. The molecule has 182 valence electrons. The van der Waals surface area contributed by atoms with Crippen LogP contribution in [0.15, 0.2) is 60.8 Å². The molecule has 35 heavy (non-hydrogen) atoms. The Morgan fingerprint density at radius 3 is 2.31 bits per heavy atom. The largest absolute Gasteiger partial charge is 0.433 e. The van der Waals surface area contributed by atoms with Crippen molar-refractivity contribution >= 4 is 5.91 Å². The summed E-state index contributed by atoms with van der Waals surface area (Å²) in [6, 6.07) is 14.3. The summed E-state index contributed by atoms with van der Waals surface area (Å²) in [5, 5.41) is 15.0. The molecule has 1 amide bonds. The fourth-order valence-corrected chi connectivity index (χ4v) is 3.70. The normalized spacial score (nSPS) is 13.1. The lowest BCUT2D eigenvalue weighted by atomic mass is 9.95. The van der Waals surface area contributed by atoms with Gasteiger partial charge in [0.05, 0.1) is 11.6 Å². The van der Waals surface area contributed by atoms with Gasteiger partial charge in [0.2, 0.25) is 5.91 Å². The van der Waals surface area contributed by atoms with Crippen molar-refractivity contribution in [2.75, 3.05) is 7.05 Å². The van der Waals surface area contributed by atoms with Crippen molar-refractivity contribution in [3.63, 3.8) is 0 Å². The van der Waals surface area contributed by atoms with E-state index in [2.05, 4.69) is 15.6 Å². The first-order valence-corrected chi connectivity index (χ1v) is 10.9. The number of halogens is 4. The Bertz CT molecular complexity index is 1200. The number of aromatic nitrogens is 1. The third kappa shape index (κ3) is 6.64. The number of nitriles is 1. The van der Waals surface area contributed by atoms with E-state index in [1.165, 1.54) is 25.4 Å². The minimum atomic E-state index is -4.52. The zero-order chi connectivity index (χ0) is 25.6. The lowest BCUT2D eigenvalue weighted by Crippen LogP contribution is -2.38. The van der Waals surface area contributed by atoms with Crippen LogP contribution in [0, 0.1) is 24.1 Å². The zero-order valence-electron chi connectivity index (χ0n) is 19.2. The summed E-state index contributed by atoms with van der Waals surface area (Å²) < 4.78 is 52.4. The number of hydrogen-bond acceptors (Lipinski definition) is 4. The van der Waals surface area contributed by atoms with Crippen LogP contribution >= 0.6 is 0 Å². The molecule has 0 aliphatic carbocycles. The Balaban J connectivity index is 1.89. The minimum absolute atomic E-state index is 0.310. The van der Waals surface area contributed by atoms with Gasteiger partial charge in [-0.05, 0) is 66.3 Å². The van der Waals surface area contributed by atoms with Gasteiger partial charge in [-0.2, -0.15) is 18.4 Å². The second kappa shape index (κ2) is 11.1. The Labute approximate surface area is 200 Å². The molecular formula is C26H24F4N4O. The van der Waals surface area contributed by atoms with Gasteiger partial charge in [-0.25, -0.2) is 4.39 Å². The van der Waals surface area contributed by atoms with E-state index >= 15 is 0 Å². The second-order valence-corrected chi connectivity index (χ2v) is 8.10. The molecule has 1 heterocycles. The van der Waals surface area contributed by atoms with Gasteiger partial charge in [0.1, 0.15) is 17.6 Å².